The molecule has 7 aliphatic rings. The van der Waals surface area contributed by atoms with Crippen molar-refractivity contribution in [2.45, 2.75) is 21.1 Å². The third kappa shape index (κ3) is 1.60. The molecule has 1 heterocycles. The highest BCUT2D eigenvalue weighted by Crippen LogP contribution is 3.00. The SMILES string of the molecule is COc1ccc(C2(c3ccc(OC)cc3)[C@@H]3[C@@H]4[C@H]5[C@@H]6[C@@H]([C@H]3[C@]6(Br)C43OCCO3)[C@]52OC=O)cc1. The van der Waals surface area contributed by atoms with Crippen molar-refractivity contribution in [3.63, 3.8) is 0 Å². The van der Waals surface area contributed by atoms with E-state index in [1.165, 1.54) is 0 Å². The summed E-state index contributed by atoms with van der Waals surface area (Å²) in [6.45, 7) is 1.88. The summed E-state index contributed by atoms with van der Waals surface area (Å²) in [6, 6.07) is 16.6. The van der Waals surface area contributed by atoms with Crippen molar-refractivity contribution in [1.29, 1.82) is 0 Å². The summed E-state index contributed by atoms with van der Waals surface area (Å²) in [7, 11) is 3.35. The van der Waals surface area contributed by atoms with Crippen molar-refractivity contribution in [2.75, 3.05) is 27.4 Å². The van der Waals surface area contributed by atoms with Gasteiger partial charge >= 0.3 is 0 Å². The van der Waals surface area contributed by atoms with Crippen molar-refractivity contribution in [3.8, 4) is 11.5 Å². The number of ether oxygens (including phenoxy) is 5. The lowest BCUT2D eigenvalue weighted by Crippen LogP contribution is -2.79. The fourth-order valence-electron chi connectivity index (χ4n) is 10.1. The summed E-state index contributed by atoms with van der Waals surface area (Å²) in [5.74, 6) is 2.47. The van der Waals surface area contributed by atoms with Crippen LogP contribution in [0.5, 0.6) is 11.5 Å². The molecule has 1 aliphatic heterocycles. The van der Waals surface area contributed by atoms with Crippen LogP contribution >= 0.6 is 15.9 Å². The van der Waals surface area contributed by atoms with Gasteiger partial charge in [0.05, 0.1) is 37.2 Å². The van der Waals surface area contributed by atoms with Crippen molar-refractivity contribution in [1.82, 2.24) is 0 Å². The Labute approximate surface area is 206 Å². The summed E-state index contributed by atoms with van der Waals surface area (Å²) in [4.78, 5) is 12.2. The highest BCUT2D eigenvalue weighted by atomic mass is 79.9. The van der Waals surface area contributed by atoms with Gasteiger partial charge in [0, 0.05) is 17.8 Å². The Kier molecular flexibility index (Phi) is 3.55. The second kappa shape index (κ2) is 6.00. The first-order valence-corrected chi connectivity index (χ1v) is 12.7. The fourth-order valence-corrected chi connectivity index (χ4v) is 11.7. The zero-order valence-corrected chi connectivity index (χ0v) is 20.5. The lowest BCUT2D eigenvalue weighted by molar-refractivity contribution is -0.271. The second-order valence-corrected chi connectivity index (χ2v) is 11.9. The van der Waals surface area contributed by atoms with Gasteiger partial charge in [-0.05, 0) is 53.1 Å². The first-order valence-electron chi connectivity index (χ1n) is 11.9. The standard InChI is InChI=1S/C27H25BrO6/c1-30-16-7-3-14(4-8-16)24(15-5-9-17(31-2)10-6-15)18-19-21-20-22(26(21,24)34-13-29)23(18)27(25(19,20)28)32-11-12-33-27/h3-10,13,18-23H,11-12H2,1-2H3/t18-,19-,20-,21+,22+,23+,25+,26-/m0/s1. The van der Waals surface area contributed by atoms with Crippen LogP contribution in [0.2, 0.25) is 0 Å². The number of benzene rings is 2. The van der Waals surface area contributed by atoms with E-state index in [-0.39, 0.29) is 28.0 Å². The Hall–Kier alpha value is -2.09. The largest absolute Gasteiger partial charge is 0.497 e. The average molecular weight is 525 g/mol. The molecule has 4 bridgehead atoms. The number of alkyl halides is 1. The van der Waals surface area contributed by atoms with Gasteiger partial charge < -0.3 is 23.7 Å². The lowest BCUT2D eigenvalue weighted by atomic mass is 9.38. The summed E-state index contributed by atoms with van der Waals surface area (Å²) in [5, 5.41) is 0. The lowest BCUT2D eigenvalue weighted by Gasteiger charge is -2.71. The van der Waals surface area contributed by atoms with Gasteiger partial charge in [-0.1, -0.05) is 40.2 Å². The number of methoxy groups -OCH3 is 2. The van der Waals surface area contributed by atoms with Crippen molar-refractivity contribution >= 4 is 22.4 Å². The van der Waals surface area contributed by atoms with Gasteiger partial charge in [-0.3, -0.25) is 4.79 Å². The highest BCUT2D eigenvalue weighted by Gasteiger charge is 3.08. The number of carbonyl (C=O) groups is 1. The van der Waals surface area contributed by atoms with Crippen LogP contribution in [-0.4, -0.2) is 49.6 Å². The molecule has 1 spiro atoms. The molecule has 0 N–H and O–H groups in total. The van der Waals surface area contributed by atoms with Gasteiger partial charge in [-0.2, -0.15) is 0 Å². The van der Waals surface area contributed by atoms with Crippen molar-refractivity contribution < 1.29 is 28.5 Å². The highest BCUT2D eigenvalue weighted by molar-refractivity contribution is 9.10. The summed E-state index contributed by atoms with van der Waals surface area (Å²) < 4.78 is 30.1. The van der Waals surface area contributed by atoms with E-state index in [4.69, 9.17) is 23.7 Å². The van der Waals surface area contributed by atoms with E-state index in [9.17, 15) is 4.79 Å². The molecule has 6 saturated carbocycles. The van der Waals surface area contributed by atoms with Crippen LogP contribution in [0.25, 0.3) is 0 Å². The Morgan fingerprint density at radius 1 is 0.794 bits per heavy atom. The van der Waals surface area contributed by atoms with Crippen LogP contribution in [0.15, 0.2) is 48.5 Å². The van der Waals surface area contributed by atoms with Gasteiger partial charge in [-0.25, -0.2) is 0 Å². The molecule has 7 fully saturated rings. The minimum Gasteiger partial charge on any atom is -0.497 e. The molecule has 0 unspecified atom stereocenters. The zero-order valence-electron chi connectivity index (χ0n) is 18.9. The Morgan fingerprint density at radius 2 is 1.29 bits per heavy atom. The van der Waals surface area contributed by atoms with E-state index < -0.39 is 16.8 Å². The number of hydrogen-bond donors (Lipinski definition) is 0. The first-order chi connectivity index (χ1) is 16.6. The number of halogens is 1. The summed E-state index contributed by atoms with van der Waals surface area (Å²) in [6.07, 6.45) is 0. The van der Waals surface area contributed by atoms with Crippen LogP contribution in [0.4, 0.5) is 0 Å². The van der Waals surface area contributed by atoms with E-state index in [0.717, 1.165) is 22.6 Å². The van der Waals surface area contributed by atoms with E-state index in [1.54, 1.807) is 14.2 Å². The Balaban J connectivity index is 1.42. The predicted molar refractivity (Wildman–Crippen MR) is 124 cm³/mol. The Bertz CT molecular complexity index is 1160. The predicted octanol–water partition coefficient (Wildman–Crippen LogP) is 3.54. The van der Waals surface area contributed by atoms with E-state index >= 15 is 0 Å². The smallest absolute Gasteiger partial charge is 0.293 e. The molecule has 8 atom stereocenters. The van der Waals surface area contributed by atoms with Crippen LogP contribution in [0, 0.1) is 35.5 Å². The maximum absolute atomic E-state index is 12.2. The first kappa shape index (κ1) is 20.1. The van der Waals surface area contributed by atoms with E-state index in [0.29, 0.717) is 31.5 Å². The number of rotatable bonds is 6. The quantitative estimate of drug-likeness (QED) is 0.425. The molecule has 2 aromatic rings. The maximum Gasteiger partial charge on any atom is 0.293 e. The molecule has 0 radical (unpaired) electrons. The Morgan fingerprint density at radius 3 is 1.79 bits per heavy atom. The summed E-state index contributed by atoms with van der Waals surface area (Å²) >= 11 is 4.21. The molecule has 0 amide bonds. The van der Waals surface area contributed by atoms with Gasteiger partial charge in [0.1, 0.15) is 17.1 Å². The van der Waals surface area contributed by atoms with Crippen molar-refractivity contribution in [2.24, 2.45) is 35.5 Å². The van der Waals surface area contributed by atoms with Gasteiger partial charge in [0.25, 0.3) is 6.47 Å². The van der Waals surface area contributed by atoms with Gasteiger partial charge in [-0.15, -0.1) is 0 Å². The molecule has 2 aromatic carbocycles. The zero-order chi connectivity index (χ0) is 23.1. The minimum atomic E-state index is -0.650. The molecule has 6 aliphatic carbocycles. The van der Waals surface area contributed by atoms with E-state index in [1.807, 2.05) is 24.3 Å². The fraction of sp³-hybridized carbons (Fsp3) is 0.519. The molecular formula is C27H25BrO6. The topological polar surface area (TPSA) is 63.2 Å². The molecule has 0 aromatic heterocycles. The van der Waals surface area contributed by atoms with E-state index in [2.05, 4.69) is 40.2 Å². The van der Waals surface area contributed by atoms with Gasteiger partial charge in [0.2, 0.25) is 0 Å². The van der Waals surface area contributed by atoms with Crippen LogP contribution in [0.1, 0.15) is 11.1 Å². The molecule has 1 saturated heterocycles. The second-order valence-electron chi connectivity index (χ2n) is 10.6. The molecule has 176 valence electrons. The van der Waals surface area contributed by atoms with Crippen molar-refractivity contribution in [3.05, 3.63) is 59.7 Å². The minimum absolute atomic E-state index is 0.151. The molecule has 34 heavy (non-hydrogen) atoms. The van der Waals surface area contributed by atoms with Crippen LogP contribution in [-0.2, 0) is 24.4 Å². The third-order valence-corrected chi connectivity index (χ3v) is 12.0. The molecule has 6 nitrogen and oxygen atoms in total. The molecular weight excluding hydrogens is 500 g/mol. The summed E-state index contributed by atoms with van der Waals surface area (Å²) in [5.41, 5.74) is 1.16. The maximum atomic E-state index is 12.2. The molecule has 9 rings (SSSR count). The third-order valence-electron chi connectivity index (χ3n) is 10.4. The van der Waals surface area contributed by atoms with Crippen LogP contribution in [0.3, 0.4) is 0 Å². The van der Waals surface area contributed by atoms with Crippen LogP contribution < -0.4 is 9.47 Å². The normalized spacial score (nSPS) is 44.1. The molecule has 7 heteroatoms. The number of carbonyl (C=O) groups excluding carboxylic acids is 1. The van der Waals surface area contributed by atoms with Gasteiger partial charge in [0.15, 0.2) is 5.79 Å². The average Bonchev–Trinajstić information content (AvgIpc) is 3.54. The number of hydrogen-bond acceptors (Lipinski definition) is 6. The monoisotopic (exact) mass is 524 g/mol.